The maximum atomic E-state index is 11.7. The number of aliphatic hydroxyl groups is 1. The monoisotopic (exact) mass is 443 g/mol. The van der Waals surface area contributed by atoms with Crippen LogP contribution in [0.15, 0.2) is 0 Å². The second-order valence-corrected chi connectivity index (χ2v) is 10.7. The van der Waals surface area contributed by atoms with Gasteiger partial charge in [0.1, 0.15) is 16.1 Å². The van der Waals surface area contributed by atoms with Gasteiger partial charge in [0.2, 0.25) is 0 Å². The summed E-state index contributed by atoms with van der Waals surface area (Å²) in [6.45, 7) is 11.4. The lowest BCUT2D eigenvalue weighted by Gasteiger charge is -2.51. The van der Waals surface area contributed by atoms with Gasteiger partial charge in [0, 0.05) is 11.1 Å². The van der Waals surface area contributed by atoms with Crippen LogP contribution < -0.4 is 0 Å². The highest BCUT2D eigenvalue weighted by Crippen LogP contribution is 2.37. The van der Waals surface area contributed by atoms with Crippen molar-refractivity contribution in [1.82, 2.24) is 5.06 Å². The molecule has 0 aromatic rings. The molecule has 0 aliphatic carbocycles. The molecule has 6 nitrogen and oxygen atoms in total. The van der Waals surface area contributed by atoms with E-state index in [1.807, 2.05) is 50.3 Å². The molecular formula is C16H30INO5. The predicted molar refractivity (Wildman–Crippen MR) is 95.8 cm³/mol. The number of nitrogens with zero attached hydrogens (tertiary/aromatic N) is 1. The van der Waals surface area contributed by atoms with Crippen molar-refractivity contribution in [2.45, 2.75) is 81.1 Å². The molecule has 7 heteroatoms. The van der Waals surface area contributed by atoms with Gasteiger partial charge in [0.15, 0.2) is 0 Å². The Bertz CT molecular complexity index is 401. The minimum absolute atomic E-state index is 0.0604. The van der Waals surface area contributed by atoms with E-state index in [-0.39, 0.29) is 25.3 Å². The van der Waals surface area contributed by atoms with Gasteiger partial charge in [0.25, 0.3) is 0 Å². The SMILES string of the molecule is CC(C)(I)C(=O)OCC(O)COC1CC(C)(C)N(O)C(C)(C)C1. The Morgan fingerprint density at radius 1 is 1.26 bits per heavy atom. The highest BCUT2D eigenvalue weighted by molar-refractivity contribution is 14.1. The van der Waals surface area contributed by atoms with Crippen molar-refractivity contribution in [3.8, 4) is 0 Å². The minimum atomic E-state index is -0.851. The summed E-state index contributed by atoms with van der Waals surface area (Å²) in [4.78, 5) is 11.7. The van der Waals surface area contributed by atoms with Gasteiger partial charge in [-0.1, -0.05) is 22.6 Å². The zero-order valence-corrected chi connectivity index (χ0v) is 17.1. The van der Waals surface area contributed by atoms with E-state index in [0.717, 1.165) is 0 Å². The van der Waals surface area contributed by atoms with Crippen molar-refractivity contribution < 1.29 is 24.6 Å². The fourth-order valence-electron chi connectivity index (χ4n) is 2.94. The summed E-state index contributed by atoms with van der Waals surface area (Å²) < 4.78 is 10.3. The molecule has 23 heavy (non-hydrogen) atoms. The second kappa shape index (κ2) is 7.51. The maximum absolute atomic E-state index is 11.7. The van der Waals surface area contributed by atoms with Crippen LogP contribution >= 0.6 is 22.6 Å². The number of hydrogen-bond donors (Lipinski definition) is 2. The normalized spacial score (nSPS) is 23.5. The summed E-state index contributed by atoms with van der Waals surface area (Å²) in [5.74, 6) is -0.354. The van der Waals surface area contributed by atoms with Gasteiger partial charge < -0.3 is 19.8 Å². The van der Waals surface area contributed by atoms with Gasteiger partial charge >= 0.3 is 5.97 Å². The van der Waals surface area contributed by atoms with Crippen molar-refractivity contribution in [2.75, 3.05) is 13.2 Å². The lowest BCUT2D eigenvalue weighted by Crippen LogP contribution is -2.60. The molecule has 1 atom stereocenters. The maximum Gasteiger partial charge on any atom is 0.321 e. The lowest BCUT2D eigenvalue weighted by atomic mass is 9.80. The summed E-state index contributed by atoms with van der Waals surface area (Å²) in [6.07, 6.45) is 0.423. The summed E-state index contributed by atoms with van der Waals surface area (Å²) >= 11 is 2.00. The smallest absolute Gasteiger partial charge is 0.321 e. The van der Waals surface area contributed by atoms with Crippen LogP contribution in [0.5, 0.6) is 0 Å². The van der Waals surface area contributed by atoms with Crippen LogP contribution in [0.4, 0.5) is 0 Å². The number of carbonyl (C=O) groups excluding carboxylic acids is 1. The molecule has 2 N–H and O–H groups in total. The van der Waals surface area contributed by atoms with Crippen LogP contribution in [0.3, 0.4) is 0 Å². The molecule has 1 aliphatic rings. The van der Waals surface area contributed by atoms with Crippen LogP contribution in [0, 0.1) is 0 Å². The largest absolute Gasteiger partial charge is 0.462 e. The van der Waals surface area contributed by atoms with Gasteiger partial charge in [-0.2, -0.15) is 5.06 Å². The molecule has 0 saturated carbocycles. The molecule has 0 aromatic heterocycles. The first-order chi connectivity index (χ1) is 10.3. The van der Waals surface area contributed by atoms with E-state index in [1.54, 1.807) is 13.8 Å². The number of piperidine rings is 1. The molecule has 1 aliphatic heterocycles. The second-order valence-electron chi connectivity index (χ2n) is 8.03. The highest BCUT2D eigenvalue weighted by atomic mass is 127. The van der Waals surface area contributed by atoms with Crippen LogP contribution in [-0.2, 0) is 14.3 Å². The average Bonchev–Trinajstić information content (AvgIpc) is 2.38. The number of aliphatic hydroxyl groups excluding tert-OH is 1. The Hall–Kier alpha value is 0.0400. The Labute approximate surface area is 152 Å². The number of carbonyl (C=O) groups is 1. The van der Waals surface area contributed by atoms with Crippen molar-refractivity contribution >= 4 is 28.6 Å². The molecule has 0 bridgehead atoms. The quantitative estimate of drug-likeness (QED) is 0.373. The first-order valence-electron chi connectivity index (χ1n) is 7.91. The fraction of sp³-hybridized carbons (Fsp3) is 0.938. The minimum Gasteiger partial charge on any atom is -0.462 e. The van der Waals surface area contributed by atoms with E-state index >= 15 is 0 Å². The molecular weight excluding hydrogens is 413 g/mol. The lowest BCUT2D eigenvalue weighted by molar-refractivity contribution is -0.262. The van der Waals surface area contributed by atoms with Gasteiger partial charge in [-0.15, -0.1) is 0 Å². The zero-order valence-electron chi connectivity index (χ0n) is 14.9. The molecule has 0 spiro atoms. The van der Waals surface area contributed by atoms with E-state index in [4.69, 9.17) is 9.47 Å². The summed E-state index contributed by atoms with van der Waals surface area (Å²) in [6, 6.07) is 0. The molecule has 0 radical (unpaired) electrons. The predicted octanol–water partition coefficient (Wildman–Crippen LogP) is 2.53. The molecule has 1 heterocycles. The Morgan fingerprint density at radius 2 is 1.74 bits per heavy atom. The van der Waals surface area contributed by atoms with Crippen molar-refractivity contribution in [3.63, 3.8) is 0 Å². The molecule has 1 saturated heterocycles. The molecule has 1 rings (SSSR count). The number of halogens is 1. The van der Waals surface area contributed by atoms with Crippen LogP contribution in [0.25, 0.3) is 0 Å². The molecule has 0 aromatic carbocycles. The number of esters is 1. The van der Waals surface area contributed by atoms with E-state index in [2.05, 4.69) is 0 Å². The third-order valence-electron chi connectivity index (χ3n) is 4.02. The Balaban J connectivity index is 2.44. The third-order valence-corrected chi connectivity index (χ3v) is 4.46. The van der Waals surface area contributed by atoms with Gasteiger partial charge in [0.05, 0.1) is 12.7 Å². The highest BCUT2D eigenvalue weighted by Gasteiger charge is 2.45. The van der Waals surface area contributed by atoms with Crippen molar-refractivity contribution in [2.24, 2.45) is 0 Å². The Morgan fingerprint density at radius 3 is 2.17 bits per heavy atom. The van der Waals surface area contributed by atoms with Gasteiger partial charge in [-0.3, -0.25) is 4.79 Å². The van der Waals surface area contributed by atoms with E-state index in [9.17, 15) is 15.1 Å². The number of rotatable bonds is 6. The zero-order chi connectivity index (χ0) is 18.1. The third kappa shape index (κ3) is 6.12. The Kier molecular flexibility index (Phi) is 6.89. The molecule has 136 valence electrons. The first-order valence-corrected chi connectivity index (χ1v) is 8.98. The molecule has 1 unspecified atom stereocenters. The van der Waals surface area contributed by atoms with E-state index in [0.29, 0.717) is 12.8 Å². The van der Waals surface area contributed by atoms with Crippen molar-refractivity contribution in [1.29, 1.82) is 0 Å². The van der Waals surface area contributed by atoms with Gasteiger partial charge in [-0.05, 0) is 54.4 Å². The van der Waals surface area contributed by atoms with Crippen LogP contribution in [0.1, 0.15) is 54.4 Å². The van der Waals surface area contributed by atoms with Crippen LogP contribution in [-0.4, -0.2) is 61.3 Å². The van der Waals surface area contributed by atoms with Gasteiger partial charge in [-0.25, -0.2) is 0 Å². The fourth-order valence-corrected chi connectivity index (χ4v) is 3.09. The van der Waals surface area contributed by atoms with E-state index < -0.39 is 20.6 Å². The number of ether oxygens (including phenoxy) is 2. The van der Waals surface area contributed by atoms with Crippen molar-refractivity contribution in [3.05, 3.63) is 0 Å². The summed E-state index contributed by atoms with van der Waals surface area (Å²) in [5.41, 5.74) is -0.788. The van der Waals surface area contributed by atoms with E-state index in [1.165, 1.54) is 5.06 Å². The standard InChI is InChI=1S/C16H30INO5/c1-14(2)7-12(8-15(3,4)18(14)21)22-9-11(19)10-23-13(20)16(5,6)17/h11-12,19,21H,7-10H2,1-6H3. The molecule has 1 fully saturated rings. The summed E-state index contributed by atoms with van der Waals surface area (Å²) in [5, 5.41) is 21.6. The number of hydrogen-bond acceptors (Lipinski definition) is 6. The average molecular weight is 443 g/mol. The number of alkyl halides is 1. The first kappa shape index (κ1) is 21.1. The molecule has 0 amide bonds. The topological polar surface area (TPSA) is 79.2 Å². The van der Waals surface area contributed by atoms with Crippen LogP contribution in [0.2, 0.25) is 0 Å². The summed E-state index contributed by atoms with van der Waals surface area (Å²) in [7, 11) is 0. The number of hydroxylamine groups is 2.